The molecule has 0 aromatic rings. The standard InChI is InChI=1S/C14H19N3O3/c1-2-3-4-5-6-11(18)17-9-7-14(8-10-17)12(19)15-13(20)16-14/h1H,3-10H2,(H2,15,16,19,20). The zero-order chi connectivity index (χ0) is 14.6. The molecule has 20 heavy (non-hydrogen) atoms. The first kappa shape index (κ1) is 14.4. The van der Waals surface area contributed by atoms with Gasteiger partial charge >= 0.3 is 6.03 Å². The van der Waals surface area contributed by atoms with Crippen LogP contribution < -0.4 is 10.6 Å². The lowest BCUT2D eigenvalue weighted by atomic mass is 9.87. The zero-order valence-electron chi connectivity index (χ0n) is 11.4. The predicted molar refractivity (Wildman–Crippen MR) is 72.5 cm³/mol. The molecule has 6 heteroatoms. The number of nitrogens with one attached hydrogen (secondary N) is 2. The monoisotopic (exact) mass is 277 g/mol. The summed E-state index contributed by atoms with van der Waals surface area (Å²) in [6.07, 6.45) is 8.95. The highest BCUT2D eigenvalue weighted by atomic mass is 16.2. The SMILES string of the molecule is C#CCCCCC(=O)N1CCC2(CC1)NC(=O)NC2=O. The van der Waals surface area contributed by atoms with Gasteiger partial charge in [0.25, 0.3) is 5.91 Å². The molecule has 0 saturated carbocycles. The second-order valence-electron chi connectivity index (χ2n) is 5.28. The van der Waals surface area contributed by atoms with Gasteiger partial charge in [-0.2, -0.15) is 0 Å². The van der Waals surface area contributed by atoms with Gasteiger partial charge in [-0.3, -0.25) is 14.9 Å². The van der Waals surface area contributed by atoms with Crippen LogP contribution in [0.1, 0.15) is 38.5 Å². The average Bonchev–Trinajstić information content (AvgIpc) is 2.70. The van der Waals surface area contributed by atoms with Crippen molar-refractivity contribution in [1.82, 2.24) is 15.5 Å². The van der Waals surface area contributed by atoms with Crippen LogP contribution >= 0.6 is 0 Å². The molecule has 0 aromatic heterocycles. The largest absolute Gasteiger partial charge is 0.342 e. The van der Waals surface area contributed by atoms with Crippen molar-refractivity contribution in [2.45, 2.75) is 44.1 Å². The third kappa shape index (κ3) is 2.93. The van der Waals surface area contributed by atoms with Gasteiger partial charge < -0.3 is 10.2 Å². The number of hydrogen-bond donors (Lipinski definition) is 2. The molecule has 0 radical (unpaired) electrons. The van der Waals surface area contributed by atoms with Gasteiger partial charge in [-0.15, -0.1) is 12.3 Å². The molecule has 1 spiro atoms. The summed E-state index contributed by atoms with van der Waals surface area (Å²) in [6, 6.07) is -0.441. The number of urea groups is 1. The number of hydrogen-bond acceptors (Lipinski definition) is 3. The maximum absolute atomic E-state index is 12.0. The first-order chi connectivity index (χ1) is 9.57. The summed E-state index contributed by atoms with van der Waals surface area (Å²) in [5.74, 6) is 2.38. The van der Waals surface area contributed by atoms with Gasteiger partial charge in [0.05, 0.1) is 0 Å². The van der Waals surface area contributed by atoms with Gasteiger partial charge in [-0.1, -0.05) is 0 Å². The fourth-order valence-corrected chi connectivity index (χ4v) is 2.68. The number of imide groups is 1. The van der Waals surface area contributed by atoms with Crippen molar-refractivity contribution in [3.8, 4) is 12.3 Å². The van der Waals surface area contributed by atoms with Crippen molar-refractivity contribution >= 4 is 17.8 Å². The summed E-state index contributed by atoms with van der Waals surface area (Å²) in [5, 5.41) is 4.94. The van der Waals surface area contributed by atoms with E-state index in [0.29, 0.717) is 38.8 Å². The Balaban J connectivity index is 1.79. The van der Waals surface area contributed by atoms with Gasteiger partial charge in [-0.25, -0.2) is 4.79 Å². The van der Waals surface area contributed by atoms with Crippen LogP contribution in [0.15, 0.2) is 0 Å². The highest BCUT2D eigenvalue weighted by Crippen LogP contribution is 2.25. The number of terminal acetylenes is 1. The van der Waals surface area contributed by atoms with E-state index in [0.717, 1.165) is 12.8 Å². The number of nitrogens with zero attached hydrogens (tertiary/aromatic N) is 1. The van der Waals surface area contributed by atoms with E-state index in [9.17, 15) is 14.4 Å². The summed E-state index contributed by atoms with van der Waals surface area (Å²) < 4.78 is 0. The average molecular weight is 277 g/mol. The van der Waals surface area contributed by atoms with Crippen molar-refractivity contribution in [3.63, 3.8) is 0 Å². The zero-order valence-corrected chi connectivity index (χ0v) is 11.4. The molecule has 108 valence electrons. The summed E-state index contributed by atoms with van der Waals surface area (Å²) in [7, 11) is 0. The third-order valence-electron chi connectivity index (χ3n) is 3.95. The normalized spacial score (nSPS) is 20.4. The molecule has 2 saturated heterocycles. The second kappa shape index (κ2) is 5.95. The van der Waals surface area contributed by atoms with Crippen molar-refractivity contribution in [2.75, 3.05) is 13.1 Å². The predicted octanol–water partition coefficient (Wildman–Crippen LogP) is 0.381. The van der Waals surface area contributed by atoms with Gasteiger partial charge in [0.1, 0.15) is 5.54 Å². The van der Waals surface area contributed by atoms with E-state index in [-0.39, 0.29) is 11.8 Å². The molecule has 2 aliphatic rings. The molecule has 2 aliphatic heterocycles. The van der Waals surface area contributed by atoms with E-state index in [1.807, 2.05) is 0 Å². The Hall–Kier alpha value is -2.03. The Kier molecular flexibility index (Phi) is 4.28. The molecule has 0 aliphatic carbocycles. The number of unbranched alkanes of at least 4 members (excludes halogenated alkanes) is 2. The fourth-order valence-electron chi connectivity index (χ4n) is 2.68. The molecule has 4 amide bonds. The molecule has 0 unspecified atom stereocenters. The third-order valence-corrected chi connectivity index (χ3v) is 3.95. The van der Waals surface area contributed by atoms with Crippen molar-refractivity contribution in [3.05, 3.63) is 0 Å². The van der Waals surface area contributed by atoms with Crippen LogP contribution in [-0.4, -0.2) is 41.4 Å². The van der Waals surface area contributed by atoms with Gasteiger partial charge in [-0.05, 0) is 25.7 Å². The lowest BCUT2D eigenvalue weighted by Crippen LogP contribution is -2.55. The van der Waals surface area contributed by atoms with E-state index in [2.05, 4.69) is 16.6 Å². The van der Waals surface area contributed by atoms with Crippen LogP contribution in [0.3, 0.4) is 0 Å². The lowest BCUT2D eigenvalue weighted by molar-refractivity contribution is -0.135. The van der Waals surface area contributed by atoms with Crippen LogP contribution in [0.25, 0.3) is 0 Å². The van der Waals surface area contributed by atoms with E-state index < -0.39 is 11.6 Å². The molecule has 2 fully saturated rings. The molecule has 2 N–H and O–H groups in total. The highest BCUT2D eigenvalue weighted by molar-refractivity contribution is 6.07. The van der Waals surface area contributed by atoms with E-state index in [1.54, 1.807) is 4.90 Å². The topological polar surface area (TPSA) is 78.5 Å². The molecule has 6 nitrogen and oxygen atoms in total. The minimum absolute atomic E-state index is 0.0987. The maximum atomic E-state index is 12.0. The second-order valence-corrected chi connectivity index (χ2v) is 5.28. The number of likely N-dealkylation sites (tertiary alicyclic amines) is 1. The number of amides is 4. The van der Waals surface area contributed by atoms with Crippen LogP contribution in [0.5, 0.6) is 0 Å². The summed E-state index contributed by atoms with van der Waals surface area (Å²) in [4.78, 5) is 36.7. The quantitative estimate of drug-likeness (QED) is 0.443. The smallest absolute Gasteiger partial charge is 0.322 e. The Morgan fingerprint density at radius 3 is 2.55 bits per heavy atom. The molecule has 0 atom stereocenters. The minimum atomic E-state index is -0.808. The maximum Gasteiger partial charge on any atom is 0.322 e. The lowest BCUT2D eigenvalue weighted by Gasteiger charge is -2.37. The highest BCUT2D eigenvalue weighted by Gasteiger charge is 2.48. The Morgan fingerprint density at radius 2 is 2.00 bits per heavy atom. The molecular formula is C14H19N3O3. The van der Waals surface area contributed by atoms with E-state index >= 15 is 0 Å². The molecule has 0 aromatic carbocycles. The minimum Gasteiger partial charge on any atom is -0.342 e. The summed E-state index contributed by atoms with van der Waals surface area (Å²) in [5.41, 5.74) is -0.808. The van der Waals surface area contributed by atoms with Crippen LogP contribution in [0, 0.1) is 12.3 Å². The first-order valence-corrected chi connectivity index (χ1v) is 6.92. The fraction of sp³-hybridized carbons (Fsp3) is 0.643. The van der Waals surface area contributed by atoms with Crippen molar-refractivity contribution in [2.24, 2.45) is 0 Å². The molecule has 0 bridgehead atoms. The molecule has 2 heterocycles. The number of carbonyl (C=O) groups is 3. The van der Waals surface area contributed by atoms with Crippen molar-refractivity contribution < 1.29 is 14.4 Å². The van der Waals surface area contributed by atoms with Crippen molar-refractivity contribution in [1.29, 1.82) is 0 Å². The van der Waals surface area contributed by atoms with Crippen LogP contribution in [0.2, 0.25) is 0 Å². The number of piperidine rings is 1. The number of rotatable bonds is 4. The molecular weight excluding hydrogens is 258 g/mol. The van der Waals surface area contributed by atoms with Crippen LogP contribution in [-0.2, 0) is 9.59 Å². The Morgan fingerprint density at radius 1 is 1.30 bits per heavy atom. The van der Waals surface area contributed by atoms with Gasteiger partial charge in [0, 0.05) is 25.9 Å². The van der Waals surface area contributed by atoms with Gasteiger partial charge in [0.15, 0.2) is 0 Å². The number of carbonyl (C=O) groups excluding carboxylic acids is 3. The summed E-state index contributed by atoms with van der Waals surface area (Å²) >= 11 is 0. The first-order valence-electron chi connectivity index (χ1n) is 6.92. The van der Waals surface area contributed by atoms with Gasteiger partial charge in [0.2, 0.25) is 5.91 Å². The Labute approximate surface area is 118 Å². The molecule has 2 rings (SSSR count). The van der Waals surface area contributed by atoms with E-state index in [1.165, 1.54) is 0 Å². The van der Waals surface area contributed by atoms with E-state index in [4.69, 9.17) is 6.42 Å². The summed E-state index contributed by atoms with van der Waals surface area (Å²) in [6.45, 7) is 1.00. The Bertz CT molecular complexity index is 459. The van der Waals surface area contributed by atoms with Crippen LogP contribution in [0.4, 0.5) is 4.79 Å².